The van der Waals surface area contributed by atoms with Crippen LogP contribution >= 0.6 is 11.3 Å². The summed E-state index contributed by atoms with van der Waals surface area (Å²) in [4.78, 5) is 15.9. The molecule has 2 unspecified atom stereocenters. The average molecular weight is 308 g/mol. The van der Waals surface area contributed by atoms with Gasteiger partial charge in [-0.05, 0) is 36.5 Å². The van der Waals surface area contributed by atoms with E-state index in [1.165, 1.54) is 28.6 Å². The van der Waals surface area contributed by atoms with Crippen molar-refractivity contribution in [2.75, 3.05) is 11.9 Å². The van der Waals surface area contributed by atoms with Gasteiger partial charge in [0, 0.05) is 18.0 Å². The number of nitro groups is 1. The lowest BCUT2D eigenvalue weighted by atomic mass is 10.0. The Hall–Kier alpha value is -1.67. The third-order valence-corrected chi connectivity index (χ3v) is 4.97. The van der Waals surface area contributed by atoms with E-state index in [1.807, 2.05) is 0 Å². The van der Waals surface area contributed by atoms with E-state index < -0.39 is 0 Å². The van der Waals surface area contributed by atoms with Gasteiger partial charge in [0.2, 0.25) is 5.82 Å². The van der Waals surface area contributed by atoms with Crippen molar-refractivity contribution in [1.82, 2.24) is 9.38 Å². The van der Waals surface area contributed by atoms with Crippen LogP contribution in [0.4, 0.5) is 11.6 Å². The van der Waals surface area contributed by atoms with Crippen molar-refractivity contribution in [2.24, 2.45) is 5.92 Å². The Labute approximate surface area is 125 Å². The topological polar surface area (TPSA) is 81.7 Å². The van der Waals surface area contributed by atoms with Gasteiger partial charge in [0.05, 0.1) is 6.10 Å². The van der Waals surface area contributed by atoms with Crippen LogP contribution in [0.15, 0.2) is 11.6 Å². The molecule has 0 bridgehead atoms. The van der Waals surface area contributed by atoms with E-state index in [1.54, 1.807) is 11.6 Å². The molecular formula is C13H16N4O3S. The highest BCUT2D eigenvalue weighted by Gasteiger charge is 2.36. The number of hydrogen-bond donors (Lipinski definition) is 1. The van der Waals surface area contributed by atoms with Crippen molar-refractivity contribution in [2.45, 2.75) is 37.8 Å². The van der Waals surface area contributed by atoms with Crippen LogP contribution in [0.1, 0.15) is 25.7 Å². The fourth-order valence-electron chi connectivity index (χ4n) is 2.99. The van der Waals surface area contributed by atoms with Crippen LogP contribution in [0.3, 0.4) is 0 Å². The first-order chi connectivity index (χ1) is 10.2. The first kappa shape index (κ1) is 13.0. The number of rotatable bonds is 4. The number of hydrogen-bond acceptors (Lipinski definition) is 6. The number of nitrogens with zero attached hydrogens (tertiary/aromatic N) is 3. The average Bonchev–Trinajstić information content (AvgIpc) is 3.12. The van der Waals surface area contributed by atoms with Crippen LogP contribution < -0.4 is 5.32 Å². The standard InChI is InChI=1S/C13H16N4O3S/c18-17(19)12-11(15-13-16(12)4-6-21-13)14-9-3-5-20-10(7-9)8-1-2-8/h4,6,8-10,14H,1-3,5,7H2. The third-order valence-electron chi connectivity index (χ3n) is 4.21. The number of aromatic nitrogens is 2. The maximum Gasteiger partial charge on any atom is 0.372 e. The van der Waals surface area contributed by atoms with Crippen molar-refractivity contribution in [3.63, 3.8) is 0 Å². The maximum absolute atomic E-state index is 11.3. The minimum Gasteiger partial charge on any atom is -0.378 e. The van der Waals surface area contributed by atoms with E-state index in [-0.39, 0.29) is 16.8 Å². The molecule has 2 fully saturated rings. The van der Waals surface area contributed by atoms with Gasteiger partial charge in [-0.2, -0.15) is 9.38 Å². The zero-order valence-electron chi connectivity index (χ0n) is 11.4. The summed E-state index contributed by atoms with van der Waals surface area (Å²) < 4.78 is 7.33. The number of thiazole rings is 1. The second-order valence-corrected chi connectivity index (χ2v) is 6.58. The molecule has 1 N–H and O–H groups in total. The maximum atomic E-state index is 11.3. The monoisotopic (exact) mass is 308 g/mol. The summed E-state index contributed by atoms with van der Waals surface area (Å²) in [5.41, 5.74) is 0. The number of fused-ring (bicyclic) bond motifs is 1. The molecule has 2 atom stereocenters. The summed E-state index contributed by atoms with van der Waals surface area (Å²) in [5.74, 6) is 1.10. The quantitative estimate of drug-likeness (QED) is 0.693. The summed E-state index contributed by atoms with van der Waals surface area (Å²) in [7, 11) is 0. The van der Waals surface area contributed by atoms with Gasteiger partial charge in [0.15, 0.2) is 0 Å². The Morgan fingerprint density at radius 2 is 2.33 bits per heavy atom. The van der Waals surface area contributed by atoms with E-state index in [9.17, 15) is 10.1 Å². The van der Waals surface area contributed by atoms with Gasteiger partial charge >= 0.3 is 5.82 Å². The number of anilines is 1. The zero-order chi connectivity index (χ0) is 14.4. The second-order valence-electron chi connectivity index (χ2n) is 5.71. The van der Waals surface area contributed by atoms with Crippen LogP contribution in [0.2, 0.25) is 0 Å². The zero-order valence-corrected chi connectivity index (χ0v) is 12.2. The minimum absolute atomic E-state index is 0.0284. The van der Waals surface area contributed by atoms with Crippen molar-refractivity contribution in [1.29, 1.82) is 0 Å². The Bertz CT molecular complexity index is 678. The van der Waals surface area contributed by atoms with Gasteiger partial charge in [0.25, 0.3) is 4.96 Å². The highest BCUT2D eigenvalue weighted by molar-refractivity contribution is 7.15. The molecule has 112 valence electrons. The van der Waals surface area contributed by atoms with Crippen molar-refractivity contribution in [3.8, 4) is 0 Å². The highest BCUT2D eigenvalue weighted by atomic mass is 32.1. The Morgan fingerprint density at radius 3 is 3.10 bits per heavy atom. The fourth-order valence-corrected chi connectivity index (χ4v) is 3.70. The van der Waals surface area contributed by atoms with Gasteiger partial charge in [0.1, 0.15) is 6.20 Å². The molecule has 4 rings (SSSR count). The molecule has 7 nitrogen and oxygen atoms in total. The lowest BCUT2D eigenvalue weighted by Crippen LogP contribution is -2.35. The van der Waals surface area contributed by atoms with Gasteiger partial charge in [-0.3, -0.25) is 0 Å². The molecule has 1 aliphatic carbocycles. The van der Waals surface area contributed by atoms with Crippen LogP contribution in [-0.4, -0.2) is 33.1 Å². The van der Waals surface area contributed by atoms with Crippen molar-refractivity contribution in [3.05, 3.63) is 21.7 Å². The molecule has 0 amide bonds. The molecular weight excluding hydrogens is 292 g/mol. The molecule has 2 aromatic rings. The molecule has 1 saturated carbocycles. The highest BCUT2D eigenvalue weighted by Crippen LogP contribution is 2.39. The lowest BCUT2D eigenvalue weighted by Gasteiger charge is -2.30. The first-order valence-corrected chi connectivity index (χ1v) is 8.08. The van der Waals surface area contributed by atoms with E-state index in [4.69, 9.17) is 4.74 Å². The molecule has 1 aliphatic heterocycles. The van der Waals surface area contributed by atoms with Gasteiger partial charge in [-0.25, -0.2) is 0 Å². The molecule has 21 heavy (non-hydrogen) atoms. The Kier molecular flexibility index (Phi) is 3.07. The van der Waals surface area contributed by atoms with Crippen molar-refractivity contribution < 1.29 is 9.66 Å². The SMILES string of the molecule is O=[N+]([O-])c1c(NC2CCOC(C3CC3)C2)nc2sccn12. The molecule has 1 saturated heterocycles. The van der Waals surface area contributed by atoms with E-state index >= 15 is 0 Å². The molecule has 2 aromatic heterocycles. The van der Waals surface area contributed by atoms with Gasteiger partial charge < -0.3 is 20.2 Å². The van der Waals surface area contributed by atoms with Crippen LogP contribution in [0.5, 0.6) is 0 Å². The molecule has 0 spiro atoms. The summed E-state index contributed by atoms with van der Waals surface area (Å²) in [6.07, 6.45) is 6.26. The van der Waals surface area contributed by atoms with E-state index in [0.717, 1.165) is 19.4 Å². The normalized spacial score (nSPS) is 26.1. The number of ether oxygens (including phenoxy) is 1. The van der Waals surface area contributed by atoms with E-state index in [0.29, 0.717) is 22.8 Å². The Balaban J connectivity index is 1.57. The fraction of sp³-hybridized carbons (Fsp3) is 0.615. The largest absolute Gasteiger partial charge is 0.378 e. The third kappa shape index (κ3) is 2.38. The van der Waals surface area contributed by atoms with Crippen LogP contribution in [0, 0.1) is 16.0 Å². The molecule has 8 heteroatoms. The van der Waals surface area contributed by atoms with Crippen LogP contribution in [0.25, 0.3) is 4.96 Å². The second kappa shape index (κ2) is 4.96. The molecule has 0 aromatic carbocycles. The molecule has 3 heterocycles. The van der Waals surface area contributed by atoms with Crippen LogP contribution in [-0.2, 0) is 4.74 Å². The summed E-state index contributed by atoms with van der Waals surface area (Å²) >= 11 is 1.40. The number of nitrogens with one attached hydrogen (secondary N) is 1. The number of imidazole rings is 1. The van der Waals surface area contributed by atoms with Gasteiger partial charge in [-0.1, -0.05) is 11.3 Å². The van der Waals surface area contributed by atoms with Crippen molar-refractivity contribution >= 4 is 27.9 Å². The summed E-state index contributed by atoms with van der Waals surface area (Å²) in [6.45, 7) is 0.717. The predicted octanol–water partition coefficient (Wildman–Crippen LogP) is 2.67. The minimum atomic E-state index is -0.368. The smallest absolute Gasteiger partial charge is 0.372 e. The molecule has 0 radical (unpaired) electrons. The lowest BCUT2D eigenvalue weighted by molar-refractivity contribution is -0.389. The van der Waals surface area contributed by atoms with Gasteiger partial charge in [-0.15, -0.1) is 0 Å². The predicted molar refractivity (Wildman–Crippen MR) is 78.8 cm³/mol. The van der Waals surface area contributed by atoms with E-state index in [2.05, 4.69) is 10.3 Å². The summed E-state index contributed by atoms with van der Waals surface area (Å²) in [6, 6.07) is 0.202. The first-order valence-electron chi connectivity index (χ1n) is 7.20. The molecule has 2 aliphatic rings. The summed E-state index contributed by atoms with van der Waals surface area (Å²) in [5, 5.41) is 16.4. The Morgan fingerprint density at radius 1 is 1.48 bits per heavy atom.